The number of aryl methyl sites for hydroxylation is 2. The molecular weight excluding hydrogens is 287 g/mol. The molecule has 21 heavy (non-hydrogen) atoms. The summed E-state index contributed by atoms with van der Waals surface area (Å²) in [6.45, 7) is 0. The quantitative estimate of drug-likeness (QED) is 0.914. The van der Waals surface area contributed by atoms with Crippen molar-refractivity contribution in [2.75, 3.05) is 5.32 Å². The average molecular weight is 300 g/mol. The Hall–Kier alpha value is -2.19. The van der Waals surface area contributed by atoms with E-state index < -0.39 is 5.82 Å². The normalized spacial score (nSPS) is 13.3. The number of amides is 1. The van der Waals surface area contributed by atoms with Gasteiger partial charge < -0.3 is 5.32 Å². The number of nitrogens with zero attached hydrogens (tertiary/aromatic N) is 1. The summed E-state index contributed by atoms with van der Waals surface area (Å²) < 4.78 is 13.8. The minimum absolute atomic E-state index is 0.102. The number of rotatable bonds is 2. The molecule has 1 aromatic carbocycles. The first-order valence-electron chi connectivity index (χ1n) is 6.80. The third kappa shape index (κ3) is 2.81. The maximum absolute atomic E-state index is 13.8. The van der Waals surface area contributed by atoms with Crippen LogP contribution in [0.3, 0.4) is 0 Å². The van der Waals surface area contributed by atoms with E-state index in [1.807, 2.05) is 12.1 Å². The SMILES string of the molecule is N#Cc1ccc(NC(=O)c2cc3c(s2)CCCC3)c(F)c1. The molecule has 0 radical (unpaired) electrons. The number of nitrogens with one attached hydrogen (secondary N) is 1. The van der Waals surface area contributed by atoms with Crippen molar-refractivity contribution in [3.63, 3.8) is 0 Å². The molecule has 0 unspecified atom stereocenters. The number of benzene rings is 1. The Kier molecular flexibility index (Phi) is 3.72. The van der Waals surface area contributed by atoms with Crippen molar-refractivity contribution in [1.29, 1.82) is 5.26 Å². The number of fused-ring (bicyclic) bond motifs is 1. The predicted molar refractivity (Wildman–Crippen MR) is 80.0 cm³/mol. The number of carbonyl (C=O) groups is 1. The van der Waals surface area contributed by atoms with E-state index in [0.717, 1.165) is 25.3 Å². The number of thiophene rings is 1. The smallest absolute Gasteiger partial charge is 0.265 e. The minimum Gasteiger partial charge on any atom is -0.319 e. The summed E-state index contributed by atoms with van der Waals surface area (Å²) in [5, 5.41) is 11.3. The number of halogens is 1. The molecule has 1 N–H and O–H groups in total. The molecule has 1 aromatic heterocycles. The standard InChI is InChI=1S/C16H13FN2OS/c17-12-7-10(9-18)5-6-13(12)19-16(20)15-8-11-3-1-2-4-14(11)21-15/h5-8H,1-4H2,(H,19,20). The van der Waals surface area contributed by atoms with Crippen LogP contribution in [0.5, 0.6) is 0 Å². The van der Waals surface area contributed by atoms with Crippen LogP contribution in [-0.4, -0.2) is 5.91 Å². The second-order valence-electron chi connectivity index (χ2n) is 5.03. The molecule has 0 fully saturated rings. The van der Waals surface area contributed by atoms with Crippen LogP contribution in [0.4, 0.5) is 10.1 Å². The molecule has 3 rings (SSSR count). The molecule has 0 saturated carbocycles. The molecule has 0 atom stereocenters. The Morgan fingerprint density at radius 1 is 1.29 bits per heavy atom. The molecule has 0 aliphatic heterocycles. The maximum atomic E-state index is 13.8. The summed E-state index contributed by atoms with van der Waals surface area (Å²) in [5.41, 5.74) is 1.58. The van der Waals surface area contributed by atoms with Crippen molar-refractivity contribution >= 4 is 22.9 Å². The van der Waals surface area contributed by atoms with Gasteiger partial charge in [-0.05, 0) is 55.5 Å². The Morgan fingerprint density at radius 2 is 2.10 bits per heavy atom. The fourth-order valence-corrected chi connectivity index (χ4v) is 3.62. The fraction of sp³-hybridized carbons (Fsp3) is 0.250. The Labute approximate surface area is 126 Å². The molecule has 1 aliphatic carbocycles. The van der Waals surface area contributed by atoms with Crippen molar-refractivity contribution in [2.24, 2.45) is 0 Å². The number of hydrogen-bond donors (Lipinski definition) is 1. The van der Waals surface area contributed by atoms with Gasteiger partial charge in [0.1, 0.15) is 5.82 Å². The Morgan fingerprint density at radius 3 is 2.81 bits per heavy atom. The van der Waals surface area contributed by atoms with Crippen LogP contribution in [0, 0.1) is 17.1 Å². The van der Waals surface area contributed by atoms with Gasteiger partial charge in [-0.3, -0.25) is 4.79 Å². The van der Waals surface area contributed by atoms with E-state index in [-0.39, 0.29) is 17.2 Å². The zero-order valence-corrected chi connectivity index (χ0v) is 12.1. The van der Waals surface area contributed by atoms with Crippen molar-refractivity contribution in [1.82, 2.24) is 0 Å². The summed E-state index contributed by atoms with van der Waals surface area (Å²) in [5.74, 6) is -0.887. The van der Waals surface area contributed by atoms with Gasteiger partial charge in [0, 0.05) is 4.88 Å². The molecule has 1 amide bonds. The van der Waals surface area contributed by atoms with Crippen molar-refractivity contribution in [3.8, 4) is 6.07 Å². The molecule has 0 bridgehead atoms. The van der Waals surface area contributed by atoms with E-state index in [4.69, 9.17) is 5.26 Å². The van der Waals surface area contributed by atoms with Crippen LogP contribution in [-0.2, 0) is 12.8 Å². The van der Waals surface area contributed by atoms with Crippen molar-refractivity contribution < 1.29 is 9.18 Å². The average Bonchev–Trinajstić information content (AvgIpc) is 2.93. The second-order valence-corrected chi connectivity index (χ2v) is 6.16. The van der Waals surface area contributed by atoms with Gasteiger partial charge in [-0.1, -0.05) is 0 Å². The molecule has 1 heterocycles. The van der Waals surface area contributed by atoms with Gasteiger partial charge >= 0.3 is 0 Å². The Balaban J connectivity index is 1.80. The zero-order chi connectivity index (χ0) is 14.8. The van der Waals surface area contributed by atoms with E-state index in [0.29, 0.717) is 4.88 Å². The Bertz CT molecular complexity index is 722. The number of anilines is 1. The lowest BCUT2D eigenvalue weighted by Crippen LogP contribution is -2.11. The predicted octanol–water partition coefficient (Wildman–Crippen LogP) is 3.89. The van der Waals surface area contributed by atoms with Crippen LogP contribution in [0.2, 0.25) is 0 Å². The van der Waals surface area contributed by atoms with E-state index in [1.165, 1.54) is 40.3 Å². The first-order valence-corrected chi connectivity index (χ1v) is 7.61. The molecule has 2 aromatic rings. The second kappa shape index (κ2) is 5.66. The van der Waals surface area contributed by atoms with Gasteiger partial charge in [-0.2, -0.15) is 5.26 Å². The third-order valence-electron chi connectivity index (χ3n) is 3.57. The monoisotopic (exact) mass is 300 g/mol. The molecule has 106 valence electrons. The molecule has 0 saturated heterocycles. The van der Waals surface area contributed by atoms with Crippen molar-refractivity contribution in [3.05, 3.63) is 51.0 Å². The van der Waals surface area contributed by atoms with Gasteiger partial charge in [0.25, 0.3) is 5.91 Å². The van der Waals surface area contributed by atoms with Gasteiger partial charge in [0.05, 0.1) is 22.2 Å². The van der Waals surface area contributed by atoms with Crippen LogP contribution < -0.4 is 5.32 Å². The highest BCUT2D eigenvalue weighted by molar-refractivity contribution is 7.14. The van der Waals surface area contributed by atoms with Crippen LogP contribution in [0.1, 0.15) is 38.5 Å². The lowest BCUT2D eigenvalue weighted by Gasteiger charge is -2.08. The largest absolute Gasteiger partial charge is 0.319 e. The van der Waals surface area contributed by atoms with E-state index in [1.54, 1.807) is 0 Å². The lowest BCUT2D eigenvalue weighted by atomic mass is 9.99. The summed E-state index contributed by atoms with van der Waals surface area (Å²) in [4.78, 5) is 14.1. The summed E-state index contributed by atoms with van der Waals surface area (Å²) >= 11 is 1.49. The fourth-order valence-electron chi connectivity index (χ4n) is 2.47. The molecule has 0 spiro atoms. The highest BCUT2D eigenvalue weighted by atomic mass is 32.1. The molecular formula is C16H13FN2OS. The minimum atomic E-state index is -0.594. The summed E-state index contributed by atoms with van der Waals surface area (Å²) in [6.07, 6.45) is 4.37. The lowest BCUT2D eigenvalue weighted by molar-refractivity contribution is 0.103. The number of carbonyl (C=O) groups excluding carboxylic acids is 1. The van der Waals surface area contributed by atoms with E-state index >= 15 is 0 Å². The number of nitriles is 1. The summed E-state index contributed by atoms with van der Waals surface area (Å²) in [6, 6.07) is 7.80. The molecule has 3 nitrogen and oxygen atoms in total. The zero-order valence-electron chi connectivity index (χ0n) is 11.3. The number of hydrogen-bond acceptors (Lipinski definition) is 3. The molecule has 5 heteroatoms. The van der Waals surface area contributed by atoms with Crippen LogP contribution >= 0.6 is 11.3 Å². The highest BCUT2D eigenvalue weighted by Crippen LogP contribution is 2.30. The van der Waals surface area contributed by atoms with Crippen LogP contribution in [0.25, 0.3) is 0 Å². The maximum Gasteiger partial charge on any atom is 0.265 e. The topological polar surface area (TPSA) is 52.9 Å². The molecule has 1 aliphatic rings. The van der Waals surface area contributed by atoms with E-state index in [2.05, 4.69) is 5.32 Å². The summed E-state index contributed by atoms with van der Waals surface area (Å²) in [7, 11) is 0. The van der Waals surface area contributed by atoms with Crippen LogP contribution in [0.15, 0.2) is 24.3 Å². The van der Waals surface area contributed by atoms with Gasteiger partial charge in [-0.15, -0.1) is 11.3 Å². The van der Waals surface area contributed by atoms with Gasteiger partial charge in [-0.25, -0.2) is 4.39 Å². The first-order chi connectivity index (χ1) is 10.2. The first kappa shape index (κ1) is 13.8. The van der Waals surface area contributed by atoms with Gasteiger partial charge in [0.2, 0.25) is 0 Å². The third-order valence-corrected chi connectivity index (χ3v) is 4.80. The van der Waals surface area contributed by atoms with E-state index in [9.17, 15) is 9.18 Å². The van der Waals surface area contributed by atoms with Crippen molar-refractivity contribution in [2.45, 2.75) is 25.7 Å². The highest BCUT2D eigenvalue weighted by Gasteiger charge is 2.18. The van der Waals surface area contributed by atoms with Gasteiger partial charge in [0.15, 0.2) is 0 Å².